The van der Waals surface area contributed by atoms with E-state index in [-0.39, 0.29) is 5.91 Å². The zero-order valence-corrected chi connectivity index (χ0v) is 7.06. The number of rotatable bonds is 2. The van der Waals surface area contributed by atoms with Crippen molar-refractivity contribution in [3.05, 3.63) is 12.2 Å². The maximum atomic E-state index is 10.9. The maximum absolute atomic E-state index is 10.9. The minimum Gasteiger partial charge on any atom is -0.265 e. The van der Waals surface area contributed by atoms with Gasteiger partial charge in [0.2, 0.25) is 0 Å². The van der Waals surface area contributed by atoms with Gasteiger partial charge < -0.3 is 0 Å². The number of hydrogen-bond donors (Lipinski definition) is 1. The first-order chi connectivity index (χ1) is 4.33. The fourth-order valence-electron chi connectivity index (χ4n) is 0.400. The van der Waals surface area contributed by atoms with Gasteiger partial charge in [0, 0.05) is 5.57 Å². The monoisotopic (exact) mass is 143 g/mol. The zero-order chi connectivity index (χ0) is 8.36. The van der Waals surface area contributed by atoms with Gasteiger partial charge in [-0.3, -0.25) is 4.79 Å². The molecular formula is C7H15N2O+. The molecule has 0 heterocycles. The lowest BCUT2D eigenvalue weighted by Gasteiger charge is -2.23. The fraction of sp³-hybridized carbons (Fsp3) is 0.571. The summed E-state index contributed by atoms with van der Waals surface area (Å²) >= 11 is 0. The molecule has 0 aromatic carbocycles. The summed E-state index contributed by atoms with van der Waals surface area (Å²) in [7, 11) is 5.63. The van der Waals surface area contributed by atoms with Gasteiger partial charge in [0.05, 0.1) is 21.1 Å². The molecule has 0 aliphatic rings. The number of hydrogen-bond acceptors (Lipinski definition) is 1. The van der Waals surface area contributed by atoms with E-state index in [0.717, 1.165) is 0 Å². The summed E-state index contributed by atoms with van der Waals surface area (Å²) in [4.78, 5) is 10.9. The first-order valence-corrected chi connectivity index (χ1v) is 3.12. The Balaban J connectivity index is 3.93. The van der Waals surface area contributed by atoms with Gasteiger partial charge in [-0.05, 0) is 6.92 Å². The number of nitrogens with one attached hydrogen (secondary N) is 1. The third-order valence-electron chi connectivity index (χ3n) is 0.825. The third-order valence-corrected chi connectivity index (χ3v) is 0.825. The largest absolute Gasteiger partial charge is 0.290 e. The highest BCUT2D eigenvalue weighted by molar-refractivity contribution is 5.91. The molecule has 0 aromatic heterocycles. The summed E-state index contributed by atoms with van der Waals surface area (Å²) in [6, 6.07) is 0. The lowest BCUT2D eigenvalue weighted by Crippen LogP contribution is -2.51. The van der Waals surface area contributed by atoms with Gasteiger partial charge in [-0.25, -0.2) is 4.59 Å². The second kappa shape index (κ2) is 2.84. The van der Waals surface area contributed by atoms with Crippen LogP contribution in [0.4, 0.5) is 0 Å². The molecule has 0 atom stereocenters. The average molecular weight is 143 g/mol. The molecule has 0 saturated heterocycles. The van der Waals surface area contributed by atoms with Crippen molar-refractivity contribution >= 4 is 5.91 Å². The van der Waals surface area contributed by atoms with Crippen LogP contribution >= 0.6 is 0 Å². The Morgan fingerprint density at radius 3 is 1.90 bits per heavy atom. The van der Waals surface area contributed by atoms with E-state index in [1.807, 2.05) is 21.1 Å². The van der Waals surface area contributed by atoms with Crippen LogP contribution in [-0.4, -0.2) is 31.6 Å². The van der Waals surface area contributed by atoms with Crippen LogP contribution in [0.25, 0.3) is 0 Å². The van der Waals surface area contributed by atoms with Gasteiger partial charge >= 0.3 is 0 Å². The van der Waals surface area contributed by atoms with E-state index < -0.39 is 0 Å². The Bertz CT molecular complexity index is 155. The summed E-state index contributed by atoms with van der Waals surface area (Å²) in [5.41, 5.74) is 3.25. The fourth-order valence-corrected chi connectivity index (χ4v) is 0.400. The minimum absolute atomic E-state index is 0.104. The van der Waals surface area contributed by atoms with Crippen molar-refractivity contribution in [2.24, 2.45) is 0 Å². The molecule has 58 valence electrons. The van der Waals surface area contributed by atoms with Crippen molar-refractivity contribution in [1.82, 2.24) is 5.43 Å². The van der Waals surface area contributed by atoms with E-state index in [1.165, 1.54) is 0 Å². The van der Waals surface area contributed by atoms with Crippen LogP contribution in [0.1, 0.15) is 6.92 Å². The number of nitrogens with zero attached hydrogens (tertiary/aromatic N) is 1. The number of carbonyl (C=O) groups is 1. The first kappa shape index (κ1) is 9.17. The molecule has 3 nitrogen and oxygen atoms in total. The van der Waals surface area contributed by atoms with Crippen molar-refractivity contribution in [2.45, 2.75) is 6.92 Å². The summed E-state index contributed by atoms with van der Waals surface area (Å²) < 4.78 is 0.422. The smallest absolute Gasteiger partial charge is 0.265 e. The van der Waals surface area contributed by atoms with E-state index in [4.69, 9.17) is 0 Å². The molecule has 0 aliphatic heterocycles. The molecule has 0 bridgehead atoms. The molecule has 0 unspecified atom stereocenters. The van der Waals surface area contributed by atoms with E-state index in [0.29, 0.717) is 10.2 Å². The second-order valence-electron chi connectivity index (χ2n) is 3.23. The number of quaternary nitrogens is 1. The standard InChI is InChI=1S/C7H14N2O/c1-6(2)7(10)8-9(3,4)5/h1H2,2-5H3/p+1. The highest BCUT2D eigenvalue weighted by Crippen LogP contribution is 1.89. The molecule has 0 radical (unpaired) electrons. The molecule has 1 N–H and O–H groups in total. The highest BCUT2D eigenvalue weighted by atomic mass is 16.2. The molecule has 0 rings (SSSR count). The maximum Gasteiger partial charge on any atom is 0.290 e. The first-order valence-electron chi connectivity index (χ1n) is 3.12. The zero-order valence-electron chi connectivity index (χ0n) is 7.06. The molecule has 0 fully saturated rings. The van der Waals surface area contributed by atoms with Crippen molar-refractivity contribution < 1.29 is 9.39 Å². The third kappa shape index (κ3) is 4.09. The summed E-state index contributed by atoms with van der Waals surface area (Å²) in [6.45, 7) is 5.20. The van der Waals surface area contributed by atoms with Crippen LogP contribution < -0.4 is 5.43 Å². The topological polar surface area (TPSA) is 29.1 Å². The van der Waals surface area contributed by atoms with Gasteiger partial charge in [-0.1, -0.05) is 6.58 Å². The lowest BCUT2D eigenvalue weighted by molar-refractivity contribution is -0.905. The van der Waals surface area contributed by atoms with Gasteiger partial charge in [0.1, 0.15) is 0 Å². The van der Waals surface area contributed by atoms with Crippen LogP contribution in [0.15, 0.2) is 12.2 Å². The van der Waals surface area contributed by atoms with Crippen LogP contribution in [0, 0.1) is 0 Å². The number of amides is 1. The Morgan fingerprint density at radius 1 is 1.40 bits per heavy atom. The van der Waals surface area contributed by atoms with E-state index in [9.17, 15) is 4.79 Å². The summed E-state index contributed by atoms with van der Waals surface area (Å²) in [6.07, 6.45) is 0. The van der Waals surface area contributed by atoms with Crippen molar-refractivity contribution in [3.8, 4) is 0 Å². The normalized spacial score (nSPS) is 10.8. The predicted octanol–water partition coefficient (Wildman–Crippen LogP) is 0.300. The average Bonchev–Trinajstić information content (AvgIpc) is 1.60. The van der Waals surface area contributed by atoms with Crippen LogP contribution in [0.5, 0.6) is 0 Å². The lowest BCUT2D eigenvalue weighted by atomic mass is 10.3. The Labute approximate surface area is 61.9 Å². The Morgan fingerprint density at radius 2 is 1.80 bits per heavy atom. The Kier molecular flexibility index (Phi) is 2.60. The highest BCUT2D eigenvalue weighted by Gasteiger charge is 2.11. The summed E-state index contributed by atoms with van der Waals surface area (Å²) in [5.74, 6) is -0.104. The van der Waals surface area contributed by atoms with Gasteiger partial charge in [0.15, 0.2) is 0 Å². The minimum atomic E-state index is -0.104. The van der Waals surface area contributed by atoms with Gasteiger partial charge in [0.25, 0.3) is 5.91 Å². The van der Waals surface area contributed by atoms with Crippen LogP contribution in [0.2, 0.25) is 0 Å². The molecule has 0 saturated carbocycles. The molecular weight excluding hydrogens is 128 g/mol. The van der Waals surface area contributed by atoms with Gasteiger partial charge in [-0.15, -0.1) is 0 Å². The molecule has 1 amide bonds. The van der Waals surface area contributed by atoms with Gasteiger partial charge in [-0.2, -0.15) is 5.43 Å². The quantitative estimate of drug-likeness (QED) is 0.336. The second-order valence-corrected chi connectivity index (χ2v) is 3.23. The molecule has 0 aliphatic carbocycles. The van der Waals surface area contributed by atoms with Crippen molar-refractivity contribution in [1.29, 1.82) is 0 Å². The molecule has 10 heavy (non-hydrogen) atoms. The Hall–Kier alpha value is -0.830. The SMILES string of the molecule is C=C(C)C(=O)N[N+](C)(C)C. The van der Waals surface area contributed by atoms with E-state index in [1.54, 1.807) is 6.92 Å². The van der Waals surface area contributed by atoms with Crippen molar-refractivity contribution in [2.75, 3.05) is 21.1 Å². The van der Waals surface area contributed by atoms with Crippen LogP contribution in [-0.2, 0) is 4.79 Å². The van der Waals surface area contributed by atoms with Crippen LogP contribution in [0.3, 0.4) is 0 Å². The van der Waals surface area contributed by atoms with E-state index >= 15 is 0 Å². The summed E-state index contributed by atoms with van der Waals surface area (Å²) in [5, 5.41) is 0. The number of carbonyl (C=O) groups excluding carboxylic acids is 1. The predicted molar refractivity (Wildman–Crippen MR) is 41.0 cm³/mol. The van der Waals surface area contributed by atoms with E-state index in [2.05, 4.69) is 12.0 Å². The molecule has 3 heteroatoms. The molecule has 0 aromatic rings. The van der Waals surface area contributed by atoms with Crippen molar-refractivity contribution in [3.63, 3.8) is 0 Å². The molecule has 0 spiro atoms.